The second kappa shape index (κ2) is 6.37. The minimum Gasteiger partial charge on any atom is -0.450 e. The number of aliphatic hydroxyl groups is 1. The largest absolute Gasteiger partial charge is 0.450 e. The van der Waals surface area contributed by atoms with Gasteiger partial charge in [0, 0.05) is 6.07 Å². The Balaban J connectivity index is 2.42. The van der Waals surface area contributed by atoms with Crippen molar-refractivity contribution in [2.75, 3.05) is 0 Å². The van der Waals surface area contributed by atoms with Crippen LogP contribution in [-0.4, -0.2) is 10.0 Å². The Bertz CT molecular complexity index is 652. The van der Waals surface area contributed by atoms with Gasteiger partial charge in [-0.15, -0.1) is 0 Å². The Morgan fingerprint density at radius 3 is 2.52 bits per heavy atom. The van der Waals surface area contributed by atoms with E-state index in [1.54, 1.807) is 12.1 Å². The van der Waals surface area contributed by atoms with E-state index in [1.807, 2.05) is 32.0 Å². The number of rotatable bonds is 5. The number of aliphatic hydroxyl groups excluding tert-OH is 1. The number of para-hydroxylation sites is 1. The lowest BCUT2D eigenvalue weighted by atomic mass is 10.0. The van der Waals surface area contributed by atoms with E-state index in [2.05, 4.69) is 0 Å². The summed E-state index contributed by atoms with van der Waals surface area (Å²) in [4.78, 5) is 10.6. The molecule has 0 atom stereocenters. The third-order valence-electron chi connectivity index (χ3n) is 3.16. The second-order valence-corrected chi connectivity index (χ2v) is 5.01. The molecular formula is C16H17NO4. The van der Waals surface area contributed by atoms with E-state index in [-0.39, 0.29) is 24.0 Å². The van der Waals surface area contributed by atoms with Crippen molar-refractivity contribution in [3.05, 3.63) is 63.7 Å². The highest BCUT2D eigenvalue weighted by molar-refractivity contribution is 5.51. The smallest absolute Gasteiger partial charge is 0.311 e. The van der Waals surface area contributed by atoms with Gasteiger partial charge in [0.25, 0.3) is 0 Å². The van der Waals surface area contributed by atoms with Gasteiger partial charge in [-0.05, 0) is 29.2 Å². The maximum absolute atomic E-state index is 11.1. The second-order valence-electron chi connectivity index (χ2n) is 5.01. The average molecular weight is 287 g/mol. The van der Waals surface area contributed by atoms with Gasteiger partial charge in [-0.2, -0.15) is 0 Å². The molecule has 2 rings (SSSR count). The van der Waals surface area contributed by atoms with Crippen LogP contribution in [0.15, 0.2) is 42.5 Å². The van der Waals surface area contributed by atoms with Gasteiger partial charge in [0.15, 0.2) is 0 Å². The molecule has 21 heavy (non-hydrogen) atoms. The topological polar surface area (TPSA) is 72.6 Å². The van der Waals surface area contributed by atoms with Gasteiger partial charge in [0.05, 0.1) is 11.5 Å². The number of nitro groups is 1. The van der Waals surface area contributed by atoms with Crippen molar-refractivity contribution >= 4 is 5.69 Å². The van der Waals surface area contributed by atoms with Crippen LogP contribution in [0.5, 0.6) is 11.5 Å². The molecule has 2 aromatic rings. The molecule has 0 saturated carbocycles. The summed E-state index contributed by atoms with van der Waals surface area (Å²) in [6.07, 6.45) is 0. The van der Waals surface area contributed by atoms with Gasteiger partial charge >= 0.3 is 5.69 Å². The summed E-state index contributed by atoms with van der Waals surface area (Å²) < 4.78 is 5.74. The van der Waals surface area contributed by atoms with Crippen LogP contribution < -0.4 is 4.74 Å². The number of hydrogen-bond donors (Lipinski definition) is 1. The molecule has 5 nitrogen and oxygen atoms in total. The predicted molar refractivity (Wildman–Crippen MR) is 79.6 cm³/mol. The summed E-state index contributed by atoms with van der Waals surface area (Å²) in [5, 5.41) is 20.2. The van der Waals surface area contributed by atoms with E-state index in [0.29, 0.717) is 11.3 Å². The number of nitro benzene ring substituents is 1. The molecule has 110 valence electrons. The molecule has 1 N–H and O–H groups in total. The summed E-state index contributed by atoms with van der Waals surface area (Å²) >= 11 is 0. The van der Waals surface area contributed by atoms with Gasteiger partial charge < -0.3 is 9.84 Å². The molecule has 0 amide bonds. The average Bonchev–Trinajstić information content (AvgIpc) is 2.47. The first-order chi connectivity index (χ1) is 10.0. The monoisotopic (exact) mass is 287 g/mol. The summed E-state index contributed by atoms with van der Waals surface area (Å²) in [6.45, 7) is 3.82. The zero-order chi connectivity index (χ0) is 15.4. The Morgan fingerprint density at radius 2 is 1.90 bits per heavy atom. The molecule has 0 unspecified atom stereocenters. The summed E-state index contributed by atoms with van der Waals surface area (Å²) in [5.41, 5.74) is 1.31. The Labute approximate surface area is 123 Å². The van der Waals surface area contributed by atoms with Gasteiger partial charge in [0.1, 0.15) is 5.75 Å². The van der Waals surface area contributed by atoms with Gasteiger partial charge in [-0.1, -0.05) is 38.1 Å². The van der Waals surface area contributed by atoms with E-state index in [9.17, 15) is 10.1 Å². The van der Waals surface area contributed by atoms with Crippen LogP contribution in [0.25, 0.3) is 0 Å². The highest BCUT2D eigenvalue weighted by Gasteiger charge is 2.18. The van der Waals surface area contributed by atoms with Crippen molar-refractivity contribution in [1.82, 2.24) is 0 Å². The van der Waals surface area contributed by atoms with Gasteiger partial charge in [0.2, 0.25) is 5.75 Å². The molecular weight excluding hydrogens is 270 g/mol. The fraction of sp³-hybridized carbons (Fsp3) is 0.250. The van der Waals surface area contributed by atoms with E-state index >= 15 is 0 Å². The highest BCUT2D eigenvalue weighted by atomic mass is 16.6. The minimum atomic E-state index is -0.507. The van der Waals surface area contributed by atoms with Crippen LogP contribution in [0, 0.1) is 10.1 Å². The van der Waals surface area contributed by atoms with Crippen LogP contribution in [-0.2, 0) is 6.61 Å². The quantitative estimate of drug-likeness (QED) is 0.666. The van der Waals surface area contributed by atoms with E-state index in [0.717, 1.165) is 5.56 Å². The van der Waals surface area contributed by atoms with Crippen LogP contribution in [0.2, 0.25) is 0 Å². The van der Waals surface area contributed by atoms with Crippen LogP contribution >= 0.6 is 0 Å². The molecule has 0 aliphatic carbocycles. The molecule has 0 aromatic heterocycles. The molecule has 0 aliphatic heterocycles. The zero-order valence-corrected chi connectivity index (χ0v) is 11.9. The van der Waals surface area contributed by atoms with Crippen molar-refractivity contribution < 1.29 is 14.8 Å². The normalized spacial score (nSPS) is 10.7. The number of hydrogen-bond acceptors (Lipinski definition) is 4. The van der Waals surface area contributed by atoms with E-state index < -0.39 is 4.92 Å². The fourth-order valence-electron chi connectivity index (χ4n) is 2.06. The summed E-state index contributed by atoms with van der Waals surface area (Å²) in [7, 11) is 0. The van der Waals surface area contributed by atoms with Gasteiger partial charge in [-0.3, -0.25) is 10.1 Å². The minimum absolute atomic E-state index is 0.153. The number of ether oxygens (including phenoxy) is 1. The van der Waals surface area contributed by atoms with E-state index in [4.69, 9.17) is 9.84 Å². The van der Waals surface area contributed by atoms with Crippen molar-refractivity contribution in [1.29, 1.82) is 0 Å². The van der Waals surface area contributed by atoms with E-state index in [1.165, 1.54) is 12.1 Å². The third-order valence-corrected chi connectivity index (χ3v) is 3.16. The van der Waals surface area contributed by atoms with Crippen molar-refractivity contribution in [2.24, 2.45) is 0 Å². The summed E-state index contributed by atoms with van der Waals surface area (Å²) in [6, 6.07) is 11.9. The molecule has 2 aromatic carbocycles. The predicted octanol–water partition coefficient (Wildman–Crippen LogP) is 4.00. The summed E-state index contributed by atoms with van der Waals surface area (Å²) in [5.74, 6) is 1.02. The first-order valence-corrected chi connectivity index (χ1v) is 6.68. The standard InChI is InChI=1S/C16H17NO4/c1-11(2)13-5-3-4-6-15(13)21-16-8-7-12(10-18)9-14(16)17(19)20/h3-9,11,18H,10H2,1-2H3. The van der Waals surface area contributed by atoms with Gasteiger partial charge in [-0.25, -0.2) is 0 Å². The maximum atomic E-state index is 11.1. The van der Waals surface area contributed by atoms with Crippen LogP contribution in [0.3, 0.4) is 0 Å². The molecule has 0 radical (unpaired) electrons. The number of benzene rings is 2. The lowest BCUT2D eigenvalue weighted by Gasteiger charge is -2.13. The molecule has 5 heteroatoms. The molecule has 0 fully saturated rings. The zero-order valence-electron chi connectivity index (χ0n) is 11.9. The van der Waals surface area contributed by atoms with Crippen molar-refractivity contribution in [3.63, 3.8) is 0 Å². The fourth-order valence-corrected chi connectivity index (χ4v) is 2.06. The van der Waals surface area contributed by atoms with Crippen molar-refractivity contribution in [2.45, 2.75) is 26.4 Å². The molecule has 0 bridgehead atoms. The molecule has 0 heterocycles. The van der Waals surface area contributed by atoms with Crippen molar-refractivity contribution in [3.8, 4) is 11.5 Å². The molecule has 0 saturated heterocycles. The first-order valence-electron chi connectivity index (χ1n) is 6.68. The molecule has 0 aliphatic rings. The van der Waals surface area contributed by atoms with Crippen LogP contribution in [0.4, 0.5) is 5.69 Å². The SMILES string of the molecule is CC(C)c1ccccc1Oc1ccc(CO)cc1[N+](=O)[O-]. The lowest BCUT2D eigenvalue weighted by Crippen LogP contribution is -1.98. The number of nitrogens with zero attached hydrogens (tertiary/aromatic N) is 1. The maximum Gasteiger partial charge on any atom is 0.311 e. The first kappa shape index (κ1) is 15.0. The third kappa shape index (κ3) is 3.38. The highest BCUT2D eigenvalue weighted by Crippen LogP contribution is 2.35. The Kier molecular flexibility index (Phi) is 4.55. The lowest BCUT2D eigenvalue weighted by molar-refractivity contribution is -0.385. The Morgan fingerprint density at radius 1 is 1.19 bits per heavy atom. The van der Waals surface area contributed by atoms with Crippen LogP contribution in [0.1, 0.15) is 30.9 Å². The molecule has 0 spiro atoms. The Hall–Kier alpha value is -2.40.